The number of benzene rings is 1. The van der Waals surface area contributed by atoms with Crippen molar-refractivity contribution in [2.45, 2.75) is 19.9 Å². The van der Waals surface area contributed by atoms with Crippen LogP contribution in [0.2, 0.25) is 0 Å². The van der Waals surface area contributed by atoms with Crippen molar-refractivity contribution >= 4 is 5.96 Å². The lowest BCUT2D eigenvalue weighted by Crippen LogP contribution is -2.36. The number of rotatable bonds is 3. The Morgan fingerprint density at radius 3 is 3.06 bits per heavy atom. The summed E-state index contributed by atoms with van der Waals surface area (Å²) in [5.74, 6) is 1.94. The number of nitrogens with one attached hydrogen (secondary N) is 1. The van der Waals surface area contributed by atoms with Crippen LogP contribution in [0, 0.1) is 5.92 Å². The largest absolute Gasteiger partial charge is 0.491 e. The van der Waals surface area contributed by atoms with Crippen LogP contribution in [0.15, 0.2) is 29.3 Å². The van der Waals surface area contributed by atoms with E-state index in [-0.39, 0.29) is 6.04 Å². The molecule has 1 unspecified atom stereocenters. The summed E-state index contributed by atoms with van der Waals surface area (Å²) in [6, 6.07) is 8.11. The number of aliphatic imine (C=N–C) groups is 1. The summed E-state index contributed by atoms with van der Waals surface area (Å²) in [6.45, 7) is 5.58. The number of fused-ring (bicyclic) bond motifs is 1. The Labute approximate surface area is 102 Å². The summed E-state index contributed by atoms with van der Waals surface area (Å²) in [7, 11) is 0. The zero-order valence-corrected chi connectivity index (χ0v) is 10.3. The van der Waals surface area contributed by atoms with Gasteiger partial charge in [0, 0.05) is 12.1 Å². The molecule has 0 bridgehead atoms. The summed E-state index contributed by atoms with van der Waals surface area (Å²) in [5.41, 5.74) is 6.99. The van der Waals surface area contributed by atoms with Crippen molar-refractivity contribution in [1.29, 1.82) is 0 Å². The molecule has 17 heavy (non-hydrogen) atoms. The van der Waals surface area contributed by atoms with Crippen LogP contribution in [-0.4, -0.2) is 19.1 Å². The molecule has 1 atom stereocenters. The third-order valence-corrected chi connectivity index (χ3v) is 2.65. The number of hydrogen-bond donors (Lipinski definition) is 2. The van der Waals surface area contributed by atoms with E-state index in [0.717, 1.165) is 17.9 Å². The second-order valence-corrected chi connectivity index (χ2v) is 4.67. The second-order valence-electron chi connectivity index (χ2n) is 4.67. The van der Waals surface area contributed by atoms with Gasteiger partial charge in [0.2, 0.25) is 0 Å². The van der Waals surface area contributed by atoms with Gasteiger partial charge in [-0.1, -0.05) is 32.0 Å². The summed E-state index contributed by atoms with van der Waals surface area (Å²) in [5, 5.41) is 3.19. The Kier molecular flexibility index (Phi) is 3.52. The Bertz CT molecular complexity index is 415. The minimum atomic E-state index is 0.113. The molecular formula is C13H19N3O. The van der Waals surface area contributed by atoms with E-state index in [1.807, 2.05) is 18.2 Å². The highest BCUT2D eigenvalue weighted by Crippen LogP contribution is 2.31. The average Bonchev–Trinajstić information content (AvgIpc) is 2.70. The summed E-state index contributed by atoms with van der Waals surface area (Å²) >= 11 is 0. The highest BCUT2D eigenvalue weighted by Gasteiger charge is 2.23. The number of nitrogens with two attached hydrogens (primary N) is 1. The van der Waals surface area contributed by atoms with Gasteiger partial charge >= 0.3 is 0 Å². The Morgan fingerprint density at radius 1 is 1.53 bits per heavy atom. The highest BCUT2D eigenvalue weighted by atomic mass is 16.5. The SMILES string of the molecule is CC(C)CN=C(N)NC1COc2ccccc21. The fourth-order valence-electron chi connectivity index (χ4n) is 1.79. The fraction of sp³-hybridized carbons (Fsp3) is 0.462. The van der Waals surface area contributed by atoms with Crippen LogP contribution in [0.3, 0.4) is 0 Å². The number of guanidine groups is 1. The van der Waals surface area contributed by atoms with Crippen molar-refractivity contribution in [3.05, 3.63) is 29.8 Å². The van der Waals surface area contributed by atoms with Gasteiger partial charge in [0.1, 0.15) is 12.4 Å². The van der Waals surface area contributed by atoms with Gasteiger partial charge in [0.15, 0.2) is 5.96 Å². The van der Waals surface area contributed by atoms with Crippen LogP contribution >= 0.6 is 0 Å². The van der Waals surface area contributed by atoms with Crippen molar-refractivity contribution in [1.82, 2.24) is 5.32 Å². The van der Waals surface area contributed by atoms with Crippen LogP contribution in [0.1, 0.15) is 25.5 Å². The third kappa shape index (κ3) is 2.90. The lowest BCUT2D eigenvalue weighted by Gasteiger charge is -2.12. The topological polar surface area (TPSA) is 59.6 Å². The van der Waals surface area contributed by atoms with Crippen molar-refractivity contribution in [2.75, 3.05) is 13.2 Å². The molecule has 1 aromatic rings. The van der Waals surface area contributed by atoms with Gasteiger partial charge in [-0.05, 0) is 12.0 Å². The van der Waals surface area contributed by atoms with E-state index >= 15 is 0 Å². The Morgan fingerprint density at radius 2 is 2.29 bits per heavy atom. The minimum absolute atomic E-state index is 0.113. The number of nitrogens with zero attached hydrogens (tertiary/aromatic N) is 1. The van der Waals surface area contributed by atoms with E-state index < -0.39 is 0 Å². The lowest BCUT2D eigenvalue weighted by atomic mass is 10.1. The summed E-state index contributed by atoms with van der Waals surface area (Å²) in [6.07, 6.45) is 0. The van der Waals surface area contributed by atoms with Gasteiger partial charge in [-0.2, -0.15) is 0 Å². The van der Waals surface area contributed by atoms with E-state index in [1.54, 1.807) is 0 Å². The van der Waals surface area contributed by atoms with Gasteiger partial charge in [-0.15, -0.1) is 0 Å². The van der Waals surface area contributed by atoms with Gasteiger partial charge in [-0.3, -0.25) is 4.99 Å². The molecule has 2 rings (SSSR count). The monoisotopic (exact) mass is 233 g/mol. The molecule has 4 heteroatoms. The van der Waals surface area contributed by atoms with Gasteiger partial charge in [0.25, 0.3) is 0 Å². The molecule has 0 fully saturated rings. The van der Waals surface area contributed by atoms with Crippen molar-refractivity contribution in [3.63, 3.8) is 0 Å². The second kappa shape index (κ2) is 5.08. The van der Waals surface area contributed by atoms with Crippen molar-refractivity contribution in [2.24, 2.45) is 16.6 Å². The molecule has 3 N–H and O–H groups in total. The highest BCUT2D eigenvalue weighted by molar-refractivity contribution is 5.78. The van der Waals surface area contributed by atoms with Crippen LogP contribution in [-0.2, 0) is 0 Å². The molecule has 92 valence electrons. The summed E-state index contributed by atoms with van der Waals surface area (Å²) in [4.78, 5) is 4.29. The molecule has 0 spiro atoms. The first kappa shape index (κ1) is 11.8. The molecule has 1 heterocycles. The average molecular weight is 233 g/mol. The smallest absolute Gasteiger partial charge is 0.189 e. The fourth-order valence-corrected chi connectivity index (χ4v) is 1.79. The zero-order valence-electron chi connectivity index (χ0n) is 10.3. The molecule has 1 aromatic carbocycles. The first-order valence-electron chi connectivity index (χ1n) is 5.95. The Hall–Kier alpha value is -1.71. The maximum absolute atomic E-state index is 5.84. The molecule has 0 aromatic heterocycles. The van der Waals surface area contributed by atoms with E-state index in [1.165, 1.54) is 0 Å². The van der Waals surface area contributed by atoms with Gasteiger partial charge in [-0.25, -0.2) is 0 Å². The van der Waals surface area contributed by atoms with Crippen LogP contribution in [0.25, 0.3) is 0 Å². The standard InChI is InChI=1S/C13H19N3O/c1-9(2)7-15-13(14)16-11-8-17-12-6-4-3-5-10(11)12/h3-6,9,11H,7-8H2,1-2H3,(H3,14,15,16). The molecule has 4 nitrogen and oxygen atoms in total. The minimum Gasteiger partial charge on any atom is -0.491 e. The van der Waals surface area contributed by atoms with Crippen LogP contribution in [0.5, 0.6) is 5.75 Å². The molecular weight excluding hydrogens is 214 g/mol. The van der Waals surface area contributed by atoms with Gasteiger partial charge in [0.05, 0.1) is 6.04 Å². The van der Waals surface area contributed by atoms with E-state index in [2.05, 4.69) is 30.2 Å². The molecule has 0 radical (unpaired) electrons. The van der Waals surface area contributed by atoms with E-state index in [0.29, 0.717) is 18.5 Å². The van der Waals surface area contributed by atoms with Crippen LogP contribution < -0.4 is 15.8 Å². The normalized spacial score (nSPS) is 19.0. The first-order chi connectivity index (χ1) is 8.16. The Balaban J connectivity index is 2.00. The molecule has 0 amide bonds. The predicted octanol–water partition coefficient (Wildman–Crippen LogP) is 1.68. The zero-order chi connectivity index (χ0) is 12.3. The first-order valence-corrected chi connectivity index (χ1v) is 5.95. The number of ether oxygens (including phenoxy) is 1. The lowest BCUT2D eigenvalue weighted by molar-refractivity contribution is 0.324. The maximum Gasteiger partial charge on any atom is 0.189 e. The molecule has 1 aliphatic rings. The van der Waals surface area contributed by atoms with Crippen molar-refractivity contribution < 1.29 is 4.74 Å². The predicted molar refractivity (Wildman–Crippen MR) is 69.1 cm³/mol. The van der Waals surface area contributed by atoms with E-state index in [9.17, 15) is 0 Å². The molecule has 0 aliphatic carbocycles. The van der Waals surface area contributed by atoms with Gasteiger partial charge < -0.3 is 15.8 Å². The molecule has 0 saturated heterocycles. The van der Waals surface area contributed by atoms with E-state index in [4.69, 9.17) is 10.5 Å². The number of para-hydroxylation sites is 1. The third-order valence-electron chi connectivity index (χ3n) is 2.65. The van der Waals surface area contributed by atoms with Crippen molar-refractivity contribution in [3.8, 4) is 5.75 Å². The molecule has 1 aliphatic heterocycles. The van der Waals surface area contributed by atoms with Crippen LogP contribution in [0.4, 0.5) is 0 Å². The summed E-state index contributed by atoms with van der Waals surface area (Å²) < 4.78 is 5.56. The number of hydrogen-bond acceptors (Lipinski definition) is 2. The quantitative estimate of drug-likeness (QED) is 0.617. The maximum atomic E-state index is 5.84. The molecule has 0 saturated carbocycles.